The minimum absolute atomic E-state index is 0.0138. The average Bonchev–Trinajstić information content (AvgIpc) is 3.42. The van der Waals surface area contributed by atoms with Crippen LogP contribution >= 0.6 is 22.6 Å². The molecule has 5 rings (SSSR count). The number of hydrogen-bond acceptors (Lipinski definition) is 8. The van der Waals surface area contributed by atoms with Gasteiger partial charge in [0.05, 0.1) is 43.1 Å². The highest BCUT2D eigenvalue weighted by molar-refractivity contribution is 14.1. The molecule has 2 aliphatic heterocycles. The largest absolute Gasteiger partial charge is 0.463 e. The Morgan fingerprint density at radius 2 is 1.24 bits per heavy atom. The van der Waals surface area contributed by atoms with E-state index in [1.54, 1.807) is 0 Å². The van der Waals surface area contributed by atoms with Crippen LogP contribution in [0.3, 0.4) is 0 Å². The van der Waals surface area contributed by atoms with Crippen LogP contribution in [0, 0.1) is 0 Å². The van der Waals surface area contributed by atoms with Gasteiger partial charge >= 0.3 is 5.97 Å². The summed E-state index contributed by atoms with van der Waals surface area (Å²) in [5.41, 5.74) is 3.03. The minimum Gasteiger partial charge on any atom is -0.463 e. The molecule has 2 heterocycles. The Bertz CT molecular complexity index is 1210. The molecule has 9 heteroatoms. The number of halogens is 1. The molecule has 2 saturated heterocycles. The molecule has 2 aliphatic rings. The number of ether oxygens (including phenoxy) is 7. The highest BCUT2D eigenvalue weighted by Gasteiger charge is 2.50. The third-order valence-corrected chi connectivity index (χ3v) is 8.33. The molecule has 0 amide bonds. The van der Waals surface area contributed by atoms with Crippen LogP contribution in [0.2, 0.25) is 0 Å². The van der Waals surface area contributed by atoms with Crippen molar-refractivity contribution in [3.05, 3.63) is 108 Å². The second-order valence-electron chi connectivity index (χ2n) is 10.4. The van der Waals surface area contributed by atoms with Crippen LogP contribution in [0.4, 0.5) is 0 Å². The molecule has 224 valence electrons. The van der Waals surface area contributed by atoms with Crippen LogP contribution < -0.4 is 0 Å². The fourth-order valence-corrected chi connectivity index (χ4v) is 5.63. The van der Waals surface area contributed by atoms with Crippen molar-refractivity contribution in [1.29, 1.82) is 0 Å². The average molecular weight is 689 g/mol. The number of esters is 1. The Balaban J connectivity index is 1.45. The van der Waals surface area contributed by atoms with Crippen molar-refractivity contribution >= 4 is 28.6 Å². The van der Waals surface area contributed by atoms with E-state index in [4.69, 9.17) is 33.2 Å². The lowest BCUT2D eigenvalue weighted by Crippen LogP contribution is -2.62. The van der Waals surface area contributed by atoms with E-state index in [0.717, 1.165) is 16.7 Å². The molecule has 3 aromatic carbocycles. The third-order valence-electron chi connectivity index (χ3n) is 7.17. The fourth-order valence-electron chi connectivity index (χ4n) is 4.99. The monoisotopic (exact) mass is 688 g/mol. The first-order chi connectivity index (χ1) is 20.6. The maximum atomic E-state index is 11.9. The van der Waals surface area contributed by atoms with Gasteiger partial charge in [-0.15, -0.1) is 0 Å². The number of hydrogen-bond donors (Lipinski definition) is 0. The maximum Gasteiger partial charge on any atom is 0.302 e. The molecule has 42 heavy (non-hydrogen) atoms. The predicted molar refractivity (Wildman–Crippen MR) is 164 cm³/mol. The van der Waals surface area contributed by atoms with Crippen LogP contribution in [0.1, 0.15) is 23.6 Å². The molecule has 2 fully saturated rings. The van der Waals surface area contributed by atoms with Crippen molar-refractivity contribution in [2.24, 2.45) is 0 Å². The van der Waals surface area contributed by atoms with Gasteiger partial charge in [-0.2, -0.15) is 0 Å². The molecule has 0 saturated carbocycles. The lowest BCUT2D eigenvalue weighted by atomic mass is 9.97. The number of carbonyl (C=O) groups is 1. The summed E-state index contributed by atoms with van der Waals surface area (Å²) in [6, 6.07) is 29.8. The Hall–Kier alpha value is -2.38. The van der Waals surface area contributed by atoms with E-state index in [1.807, 2.05) is 91.0 Å². The SMILES string of the molecule is CC(=O)OC[C@H]1O[C@H](O[C@@H]2COC[C@H]2I)[C@@H](OCc2ccccc2)[C@@H](OCc2ccccc2)[C@@H]1OCc1ccccc1. The summed E-state index contributed by atoms with van der Waals surface area (Å²) in [4.78, 5) is 11.9. The van der Waals surface area contributed by atoms with Gasteiger partial charge in [-0.1, -0.05) is 114 Å². The van der Waals surface area contributed by atoms with Gasteiger partial charge < -0.3 is 33.2 Å². The number of rotatable bonds is 13. The quantitative estimate of drug-likeness (QED) is 0.137. The molecule has 0 aliphatic carbocycles. The molecule has 8 nitrogen and oxygen atoms in total. The van der Waals surface area contributed by atoms with E-state index >= 15 is 0 Å². The van der Waals surface area contributed by atoms with Gasteiger partial charge in [0.25, 0.3) is 0 Å². The molecule has 0 radical (unpaired) electrons. The van der Waals surface area contributed by atoms with Crippen LogP contribution in [-0.2, 0) is 57.8 Å². The van der Waals surface area contributed by atoms with Crippen LogP contribution in [0.25, 0.3) is 0 Å². The van der Waals surface area contributed by atoms with Crippen molar-refractivity contribution in [3.63, 3.8) is 0 Å². The zero-order valence-electron chi connectivity index (χ0n) is 23.6. The second kappa shape index (κ2) is 15.9. The van der Waals surface area contributed by atoms with Crippen molar-refractivity contribution in [2.45, 2.75) is 67.5 Å². The van der Waals surface area contributed by atoms with E-state index in [9.17, 15) is 4.79 Å². The summed E-state index contributed by atoms with van der Waals surface area (Å²) in [5.74, 6) is -0.404. The molecule has 0 bridgehead atoms. The van der Waals surface area contributed by atoms with Crippen molar-refractivity contribution in [1.82, 2.24) is 0 Å². The number of benzene rings is 3. The summed E-state index contributed by atoms with van der Waals surface area (Å²) in [6.45, 7) is 3.39. The Morgan fingerprint density at radius 3 is 1.71 bits per heavy atom. The van der Waals surface area contributed by atoms with Crippen molar-refractivity contribution < 1.29 is 38.0 Å². The zero-order valence-corrected chi connectivity index (χ0v) is 25.7. The Kier molecular flexibility index (Phi) is 11.8. The van der Waals surface area contributed by atoms with Crippen LogP contribution in [0.5, 0.6) is 0 Å². The summed E-state index contributed by atoms with van der Waals surface area (Å²) in [7, 11) is 0. The lowest BCUT2D eigenvalue weighted by molar-refractivity contribution is -0.334. The van der Waals surface area contributed by atoms with Gasteiger partial charge in [0.15, 0.2) is 6.29 Å². The van der Waals surface area contributed by atoms with Crippen molar-refractivity contribution in [2.75, 3.05) is 19.8 Å². The topological polar surface area (TPSA) is 81.7 Å². The first-order valence-corrected chi connectivity index (χ1v) is 15.4. The standard InChI is InChI=1S/C33H37IO8/c1-23(35)37-22-29-30(38-17-24-11-5-2-6-12-24)31(39-18-25-13-7-3-8-14-25)32(40-19-26-15-9-4-10-16-26)33(42-29)41-28-21-36-20-27(28)34/h2-16,27-33H,17-22H2,1H3/t27-,28-,29-,30-,31+,32+,33+/m1/s1. The molecule has 3 aromatic rings. The van der Waals surface area contributed by atoms with Crippen LogP contribution in [0.15, 0.2) is 91.0 Å². The smallest absolute Gasteiger partial charge is 0.302 e. The molecule has 0 aromatic heterocycles. The second-order valence-corrected chi connectivity index (χ2v) is 12.0. The number of carbonyl (C=O) groups excluding carboxylic acids is 1. The van der Waals surface area contributed by atoms with E-state index in [2.05, 4.69) is 22.6 Å². The summed E-state index contributed by atoms with van der Waals surface area (Å²) < 4.78 is 44.1. The number of alkyl halides is 1. The first-order valence-electron chi connectivity index (χ1n) is 14.2. The summed E-state index contributed by atoms with van der Waals surface area (Å²) in [5, 5.41) is 0. The Morgan fingerprint density at radius 1 is 0.738 bits per heavy atom. The van der Waals surface area contributed by atoms with E-state index in [-0.39, 0.29) is 16.6 Å². The van der Waals surface area contributed by atoms with Gasteiger partial charge in [0.1, 0.15) is 31.0 Å². The molecular weight excluding hydrogens is 651 g/mol. The molecular formula is C33H37IO8. The third kappa shape index (κ3) is 8.82. The maximum absolute atomic E-state index is 11.9. The Labute approximate surface area is 260 Å². The van der Waals surface area contributed by atoms with Gasteiger partial charge in [-0.05, 0) is 16.7 Å². The first kappa shape index (κ1) is 31.1. The molecule has 0 spiro atoms. The normalized spacial score (nSPS) is 27.5. The van der Waals surface area contributed by atoms with Gasteiger partial charge in [-0.3, -0.25) is 4.79 Å². The molecule has 0 unspecified atom stereocenters. The molecule has 0 N–H and O–H groups in total. The zero-order chi connectivity index (χ0) is 29.1. The summed E-state index contributed by atoms with van der Waals surface area (Å²) in [6.07, 6.45) is -3.53. The fraction of sp³-hybridized carbons (Fsp3) is 0.424. The van der Waals surface area contributed by atoms with E-state index in [1.165, 1.54) is 6.92 Å². The van der Waals surface area contributed by atoms with Crippen molar-refractivity contribution in [3.8, 4) is 0 Å². The highest BCUT2D eigenvalue weighted by Crippen LogP contribution is 2.33. The summed E-state index contributed by atoms with van der Waals surface area (Å²) >= 11 is 2.34. The molecule has 7 atom stereocenters. The highest BCUT2D eigenvalue weighted by atomic mass is 127. The van der Waals surface area contributed by atoms with E-state index < -0.39 is 36.7 Å². The minimum atomic E-state index is -0.810. The van der Waals surface area contributed by atoms with Gasteiger partial charge in [0, 0.05) is 6.92 Å². The van der Waals surface area contributed by atoms with E-state index in [0.29, 0.717) is 33.0 Å². The van der Waals surface area contributed by atoms with Gasteiger partial charge in [-0.25, -0.2) is 0 Å². The van der Waals surface area contributed by atoms with Gasteiger partial charge in [0.2, 0.25) is 0 Å². The van der Waals surface area contributed by atoms with Crippen LogP contribution in [-0.4, -0.2) is 66.5 Å². The predicted octanol–water partition coefficient (Wildman–Crippen LogP) is 5.25. The lowest BCUT2D eigenvalue weighted by Gasteiger charge is -2.46.